The van der Waals surface area contributed by atoms with E-state index in [4.69, 9.17) is 18.9 Å². The Morgan fingerprint density at radius 3 is 1.05 bits per heavy atom. The number of hydrogen-bond acceptors (Lipinski definition) is 4. The zero-order valence-corrected chi connectivity index (χ0v) is 28.8. The van der Waals surface area contributed by atoms with Crippen molar-refractivity contribution < 1.29 is 18.9 Å². The number of benzene rings is 3. The summed E-state index contributed by atoms with van der Waals surface area (Å²) in [6, 6.07) is 17.2. The minimum Gasteiger partial charge on any atom is -0.493 e. The van der Waals surface area contributed by atoms with Crippen LogP contribution in [-0.4, -0.2) is 26.4 Å². The monoisotopic (exact) mass is 770 g/mol. The molecule has 0 aromatic heterocycles. The van der Waals surface area contributed by atoms with E-state index in [2.05, 4.69) is 121 Å². The predicted molar refractivity (Wildman–Crippen MR) is 184 cm³/mol. The van der Waals surface area contributed by atoms with Crippen LogP contribution in [0.3, 0.4) is 0 Å². The van der Waals surface area contributed by atoms with Gasteiger partial charge in [0.1, 0.15) is 23.0 Å². The Hall–Kier alpha value is -1.68. The zero-order valence-electron chi connectivity index (χ0n) is 24.5. The smallest absolute Gasteiger partial charge is 0.133 e. The molecule has 4 nitrogen and oxygen atoms in total. The normalized spacial score (nSPS) is 10.9. The van der Waals surface area contributed by atoms with Gasteiger partial charge >= 0.3 is 0 Å². The second kappa shape index (κ2) is 18.0. The largest absolute Gasteiger partial charge is 0.493 e. The van der Waals surface area contributed by atoms with E-state index >= 15 is 0 Å². The molecule has 0 amide bonds. The Balaban J connectivity index is 1.98. The molecule has 0 unspecified atom stereocenters. The Kier molecular flexibility index (Phi) is 14.8. The molecular weight excluding hydrogens is 726 g/mol. The summed E-state index contributed by atoms with van der Waals surface area (Å²) >= 11 is 4.70. The first-order valence-corrected chi connectivity index (χ1v) is 17.0. The van der Waals surface area contributed by atoms with Gasteiger partial charge in [0.05, 0.1) is 33.6 Å². The van der Waals surface area contributed by atoms with Gasteiger partial charge in [-0.15, -0.1) is 0 Å². The van der Waals surface area contributed by atoms with Crippen LogP contribution in [0.1, 0.15) is 79.1 Å². The Morgan fingerprint density at radius 1 is 0.450 bits per heavy atom. The van der Waals surface area contributed by atoms with Crippen LogP contribution in [0.15, 0.2) is 48.5 Å². The molecule has 0 saturated carbocycles. The van der Waals surface area contributed by atoms with Gasteiger partial charge in [-0.2, -0.15) is 0 Å². The minimum absolute atomic E-state index is 0.704. The molecule has 0 N–H and O–H groups in total. The number of halogens is 2. The second-order valence-corrected chi connectivity index (χ2v) is 12.3. The lowest BCUT2D eigenvalue weighted by molar-refractivity contribution is 0.300. The molecule has 218 valence electrons. The molecule has 0 aliphatic carbocycles. The summed E-state index contributed by atoms with van der Waals surface area (Å²) in [5.74, 6) is 3.62. The van der Waals surface area contributed by atoms with Crippen LogP contribution >= 0.6 is 45.2 Å². The summed E-state index contributed by atoms with van der Waals surface area (Å²) in [4.78, 5) is 0. The van der Waals surface area contributed by atoms with Crippen LogP contribution in [0, 0.1) is 7.14 Å². The summed E-state index contributed by atoms with van der Waals surface area (Å²) in [6.07, 6.45) is 8.55. The fourth-order valence-electron chi connectivity index (χ4n) is 4.12. The fourth-order valence-corrected chi connectivity index (χ4v) is 5.31. The standard InChI is InChI=1S/C34H44I2O4/c1-5-9-17-37-31-23-29(35)33(39-19-11-7-3)21-27(31)25-13-15-26(16-14-25)28-22-34(40-20-12-8-4)30(36)24-32(28)38-18-10-6-2/h13-16,21-24H,5-12,17-20H2,1-4H3. The average Bonchev–Trinajstić information content (AvgIpc) is 2.96. The Labute approximate surface area is 268 Å². The van der Waals surface area contributed by atoms with Crippen molar-refractivity contribution in [1.82, 2.24) is 0 Å². The molecule has 0 aliphatic rings. The van der Waals surface area contributed by atoms with E-state index in [0.29, 0.717) is 13.2 Å². The van der Waals surface area contributed by atoms with Gasteiger partial charge in [-0.05, 0) is 106 Å². The van der Waals surface area contributed by atoms with E-state index in [-0.39, 0.29) is 0 Å². The van der Waals surface area contributed by atoms with E-state index < -0.39 is 0 Å². The lowest BCUT2D eigenvalue weighted by Gasteiger charge is -2.17. The quantitative estimate of drug-likeness (QED) is 0.0954. The molecule has 0 radical (unpaired) electrons. The molecular formula is C34H44I2O4. The van der Waals surface area contributed by atoms with Crippen LogP contribution in [-0.2, 0) is 0 Å². The van der Waals surface area contributed by atoms with Gasteiger partial charge in [-0.25, -0.2) is 0 Å². The van der Waals surface area contributed by atoms with Crippen LogP contribution < -0.4 is 18.9 Å². The molecule has 0 aliphatic heterocycles. The molecule has 0 bridgehead atoms. The van der Waals surface area contributed by atoms with Crippen molar-refractivity contribution in [3.05, 3.63) is 55.7 Å². The van der Waals surface area contributed by atoms with E-state index in [1.165, 1.54) is 0 Å². The number of ether oxygens (including phenoxy) is 4. The minimum atomic E-state index is 0.704. The predicted octanol–water partition coefficient (Wildman–Crippen LogP) is 10.9. The highest BCUT2D eigenvalue weighted by Crippen LogP contribution is 2.41. The molecule has 3 aromatic rings. The van der Waals surface area contributed by atoms with Crippen LogP contribution in [0.25, 0.3) is 22.3 Å². The SMILES string of the molecule is CCCCOc1cc(-c2ccc(-c3cc(OCCCC)c(I)cc3OCCCC)cc2)c(OCCCC)cc1I. The highest BCUT2D eigenvalue weighted by molar-refractivity contribution is 14.1. The summed E-state index contributed by atoms with van der Waals surface area (Å²) in [6.45, 7) is 11.6. The lowest BCUT2D eigenvalue weighted by Crippen LogP contribution is -2.03. The fraction of sp³-hybridized carbons (Fsp3) is 0.471. The van der Waals surface area contributed by atoms with Crippen LogP contribution in [0.2, 0.25) is 0 Å². The zero-order chi connectivity index (χ0) is 28.7. The molecule has 0 fully saturated rings. The van der Waals surface area contributed by atoms with E-state index in [1.807, 2.05) is 0 Å². The van der Waals surface area contributed by atoms with Crippen molar-refractivity contribution in [2.24, 2.45) is 0 Å². The topological polar surface area (TPSA) is 36.9 Å². The lowest BCUT2D eigenvalue weighted by atomic mass is 9.98. The average molecular weight is 771 g/mol. The first-order valence-electron chi connectivity index (χ1n) is 14.8. The second-order valence-electron chi connectivity index (χ2n) is 9.94. The van der Waals surface area contributed by atoms with Crippen molar-refractivity contribution in [2.45, 2.75) is 79.1 Å². The first-order chi connectivity index (χ1) is 19.5. The van der Waals surface area contributed by atoms with Crippen molar-refractivity contribution in [1.29, 1.82) is 0 Å². The van der Waals surface area contributed by atoms with E-state index in [9.17, 15) is 0 Å². The highest BCUT2D eigenvalue weighted by atomic mass is 127. The number of unbranched alkanes of at least 4 members (excludes halogenated alkanes) is 4. The van der Waals surface area contributed by atoms with Gasteiger partial charge in [0, 0.05) is 11.1 Å². The molecule has 40 heavy (non-hydrogen) atoms. The third-order valence-corrected chi connectivity index (χ3v) is 8.28. The first kappa shape index (κ1) is 32.8. The Bertz CT molecular complexity index is 1090. The van der Waals surface area contributed by atoms with Gasteiger partial charge in [0.25, 0.3) is 0 Å². The summed E-state index contributed by atoms with van der Waals surface area (Å²) in [5, 5.41) is 0. The molecule has 3 rings (SSSR count). The third kappa shape index (κ3) is 9.71. The van der Waals surface area contributed by atoms with Crippen molar-refractivity contribution in [3.63, 3.8) is 0 Å². The van der Waals surface area contributed by atoms with Gasteiger partial charge in [0.2, 0.25) is 0 Å². The van der Waals surface area contributed by atoms with Gasteiger partial charge in [-0.3, -0.25) is 0 Å². The summed E-state index contributed by atoms with van der Waals surface area (Å²) in [5.41, 5.74) is 4.32. The van der Waals surface area contributed by atoms with E-state index in [0.717, 1.165) is 117 Å². The molecule has 6 heteroatoms. The maximum Gasteiger partial charge on any atom is 0.133 e. The number of hydrogen-bond donors (Lipinski definition) is 0. The maximum atomic E-state index is 6.26. The summed E-state index contributed by atoms with van der Waals surface area (Å²) in [7, 11) is 0. The summed E-state index contributed by atoms with van der Waals surface area (Å²) < 4.78 is 27.0. The molecule has 0 heterocycles. The molecule has 0 saturated heterocycles. The molecule has 0 atom stereocenters. The van der Waals surface area contributed by atoms with Gasteiger partial charge in [-0.1, -0.05) is 77.6 Å². The Morgan fingerprint density at radius 2 is 0.750 bits per heavy atom. The van der Waals surface area contributed by atoms with Crippen molar-refractivity contribution in [3.8, 4) is 45.3 Å². The van der Waals surface area contributed by atoms with Crippen molar-refractivity contribution >= 4 is 45.2 Å². The van der Waals surface area contributed by atoms with Gasteiger partial charge < -0.3 is 18.9 Å². The van der Waals surface area contributed by atoms with Crippen LogP contribution in [0.5, 0.6) is 23.0 Å². The highest BCUT2D eigenvalue weighted by Gasteiger charge is 2.16. The molecule has 0 spiro atoms. The maximum absolute atomic E-state index is 6.26. The number of rotatable bonds is 18. The third-order valence-electron chi connectivity index (χ3n) is 6.60. The van der Waals surface area contributed by atoms with Gasteiger partial charge in [0.15, 0.2) is 0 Å². The van der Waals surface area contributed by atoms with Crippen LogP contribution in [0.4, 0.5) is 0 Å². The van der Waals surface area contributed by atoms with Crippen molar-refractivity contribution in [2.75, 3.05) is 26.4 Å². The van der Waals surface area contributed by atoms with E-state index in [1.54, 1.807) is 0 Å². The molecule has 3 aromatic carbocycles.